The summed E-state index contributed by atoms with van der Waals surface area (Å²) < 4.78 is 0. The Balaban J connectivity index is 2.17. The summed E-state index contributed by atoms with van der Waals surface area (Å²) in [6.07, 6.45) is 4.73. The zero-order valence-electron chi connectivity index (χ0n) is 18.2. The number of likely N-dealkylation sites (tertiary alicyclic amines) is 1. The van der Waals surface area contributed by atoms with Crippen molar-refractivity contribution in [2.75, 3.05) is 6.54 Å². The van der Waals surface area contributed by atoms with Gasteiger partial charge in [-0.1, -0.05) is 38.8 Å². The first-order chi connectivity index (χ1) is 13.9. The molecule has 0 aliphatic carbocycles. The van der Waals surface area contributed by atoms with Crippen molar-refractivity contribution in [2.24, 2.45) is 5.41 Å². The summed E-state index contributed by atoms with van der Waals surface area (Å²) in [6, 6.07) is 5.39. The average Bonchev–Trinajstić information content (AvgIpc) is 3.06. The Labute approximate surface area is 178 Å². The van der Waals surface area contributed by atoms with E-state index in [1.165, 1.54) is 11.8 Å². The number of aliphatic hydroxyl groups excluding tert-OH is 1. The van der Waals surface area contributed by atoms with Crippen molar-refractivity contribution < 1.29 is 19.5 Å². The van der Waals surface area contributed by atoms with Gasteiger partial charge in [0.2, 0.25) is 17.7 Å². The van der Waals surface area contributed by atoms with E-state index in [0.717, 1.165) is 11.1 Å². The van der Waals surface area contributed by atoms with E-state index in [1.807, 2.05) is 39.8 Å². The molecule has 0 aromatic heterocycles. The Hall–Kier alpha value is -2.85. The van der Waals surface area contributed by atoms with Crippen LogP contribution in [0, 0.1) is 17.8 Å². The normalized spacial score (nSPS) is 20.8. The van der Waals surface area contributed by atoms with Crippen LogP contribution in [-0.2, 0) is 14.4 Å². The highest BCUT2D eigenvalue weighted by Crippen LogP contribution is 2.26. The number of hydrogen-bond acceptors (Lipinski definition) is 4. The van der Waals surface area contributed by atoms with Gasteiger partial charge in [0.05, 0.1) is 12.1 Å². The number of rotatable bonds is 5. The fraction of sp³-hybridized carbons (Fsp3) is 0.522. The predicted molar refractivity (Wildman–Crippen MR) is 114 cm³/mol. The molecule has 3 amide bonds. The number of terminal acetylenes is 1. The largest absolute Gasteiger partial charge is 0.391 e. The van der Waals surface area contributed by atoms with E-state index >= 15 is 0 Å². The van der Waals surface area contributed by atoms with Gasteiger partial charge in [0, 0.05) is 25.5 Å². The third-order valence-electron chi connectivity index (χ3n) is 5.26. The fourth-order valence-electron chi connectivity index (χ4n) is 3.58. The molecule has 0 spiro atoms. The zero-order chi connectivity index (χ0) is 22.6. The average molecular weight is 414 g/mol. The molecule has 1 aromatic carbocycles. The van der Waals surface area contributed by atoms with Crippen LogP contribution in [0.5, 0.6) is 0 Å². The van der Waals surface area contributed by atoms with Gasteiger partial charge in [-0.05, 0) is 30.0 Å². The lowest BCUT2D eigenvalue weighted by Crippen LogP contribution is -2.57. The fourth-order valence-corrected chi connectivity index (χ4v) is 3.58. The summed E-state index contributed by atoms with van der Waals surface area (Å²) >= 11 is 0. The van der Waals surface area contributed by atoms with Crippen LogP contribution in [0.3, 0.4) is 0 Å². The highest BCUT2D eigenvalue weighted by atomic mass is 16.3. The number of benzene rings is 1. The molecular formula is C23H31N3O4. The Kier molecular flexibility index (Phi) is 7.27. The molecule has 0 saturated carbocycles. The maximum atomic E-state index is 13.2. The molecular weight excluding hydrogens is 382 g/mol. The molecule has 7 nitrogen and oxygen atoms in total. The summed E-state index contributed by atoms with van der Waals surface area (Å²) in [5.41, 5.74) is 1.08. The SMILES string of the molecule is C#Cc1ccc([C@H](C)NC(=O)[C@@H]2C[C@@H](O)CN2C(=O)C(NC(C)=O)C(C)(C)C)cc1. The van der Waals surface area contributed by atoms with E-state index < -0.39 is 23.6 Å². The molecule has 30 heavy (non-hydrogen) atoms. The minimum absolute atomic E-state index is 0.0499. The third-order valence-corrected chi connectivity index (χ3v) is 5.26. The number of aliphatic hydroxyl groups is 1. The van der Waals surface area contributed by atoms with Gasteiger partial charge in [-0.3, -0.25) is 14.4 Å². The second kappa shape index (κ2) is 9.31. The molecule has 3 N–H and O–H groups in total. The number of nitrogens with zero attached hydrogens (tertiary/aromatic N) is 1. The van der Waals surface area contributed by atoms with E-state index in [0.29, 0.717) is 0 Å². The topological polar surface area (TPSA) is 98.7 Å². The highest BCUT2D eigenvalue weighted by Gasteiger charge is 2.44. The Morgan fingerprint density at radius 2 is 1.80 bits per heavy atom. The van der Waals surface area contributed by atoms with E-state index in [9.17, 15) is 19.5 Å². The molecule has 1 unspecified atom stereocenters. The van der Waals surface area contributed by atoms with Gasteiger partial charge >= 0.3 is 0 Å². The maximum Gasteiger partial charge on any atom is 0.246 e. The van der Waals surface area contributed by atoms with Crippen molar-refractivity contribution in [3.8, 4) is 12.3 Å². The molecule has 162 valence electrons. The van der Waals surface area contributed by atoms with Crippen LogP contribution in [0.25, 0.3) is 0 Å². The minimum atomic E-state index is -0.807. The second-order valence-corrected chi connectivity index (χ2v) is 8.89. The standard InChI is InChI=1S/C23H31N3O4/c1-7-16-8-10-17(11-9-16)14(2)24-21(29)19-12-18(28)13-26(19)22(30)20(23(4,5)6)25-15(3)27/h1,8-11,14,18-20,28H,12-13H2,2-6H3,(H,24,29)(H,25,27)/t14-,18+,19-,20?/m0/s1. The number of hydrogen-bond donors (Lipinski definition) is 3. The van der Waals surface area contributed by atoms with E-state index in [2.05, 4.69) is 16.6 Å². The summed E-state index contributed by atoms with van der Waals surface area (Å²) in [5, 5.41) is 15.8. The van der Waals surface area contributed by atoms with Crippen LogP contribution in [0.15, 0.2) is 24.3 Å². The number of β-amino-alcohol motifs (C(OH)–C–C–N with tert-alkyl or cyclic N) is 1. The van der Waals surface area contributed by atoms with Crippen LogP contribution in [-0.4, -0.2) is 52.5 Å². The summed E-state index contributed by atoms with van der Waals surface area (Å²) in [6.45, 7) is 8.77. The molecule has 1 fully saturated rings. The first kappa shape index (κ1) is 23.4. The highest BCUT2D eigenvalue weighted by molar-refractivity contribution is 5.93. The third kappa shape index (κ3) is 5.61. The quantitative estimate of drug-likeness (QED) is 0.635. The molecule has 2 rings (SSSR count). The molecule has 1 aromatic rings. The van der Waals surface area contributed by atoms with Gasteiger partial charge in [-0.25, -0.2) is 0 Å². The first-order valence-electron chi connectivity index (χ1n) is 10.1. The lowest BCUT2D eigenvalue weighted by Gasteiger charge is -2.35. The molecule has 0 radical (unpaired) electrons. The molecule has 1 saturated heterocycles. The zero-order valence-corrected chi connectivity index (χ0v) is 18.2. The van der Waals surface area contributed by atoms with Gasteiger partial charge < -0.3 is 20.6 Å². The molecule has 1 heterocycles. The maximum absolute atomic E-state index is 13.2. The first-order valence-corrected chi connectivity index (χ1v) is 10.1. The van der Waals surface area contributed by atoms with Gasteiger partial charge in [0.15, 0.2) is 0 Å². The van der Waals surface area contributed by atoms with Gasteiger partial charge in [-0.2, -0.15) is 0 Å². The van der Waals surface area contributed by atoms with Gasteiger partial charge in [0.25, 0.3) is 0 Å². The van der Waals surface area contributed by atoms with Crippen molar-refractivity contribution in [1.82, 2.24) is 15.5 Å². The van der Waals surface area contributed by atoms with Crippen molar-refractivity contribution in [3.05, 3.63) is 35.4 Å². The predicted octanol–water partition coefficient (Wildman–Crippen LogP) is 1.36. The van der Waals surface area contributed by atoms with Crippen LogP contribution in [0.1, 0.15) is 58.2 Å². The van der Waals surface area contributed by atoms with Crippen LogP contribution in [0.2, 0.25) is 0 Å². The monoisotopic (exact) mass is 413 g/mol. The number of carbonyl (C=O) groups is 3. The molecule has 4 atom stereocenters. The number of nitrogens with one attached hydrogen (secondary N) is 2. The second-order valence-electron chi connectivity index (χ2n) is 8.89. The van der Waals surface area contributed by atoms with Crippen LogP contribution < -0.4 is 10.6 Å². The molecule has 1 aliphatic heterocycles. The Bertz CT molecular complexity index is 835. The van der Waals surface area contributed by atoms with E-state index in [4.69, 9.17) is 6.42 Å². The van der Waals surface area contributed by atoms with Crippen molar-refractivity contribution in [3.63, 3.8) is 0 Å². The molecule has 7 heteroatoms. The van der Waals surface area contributed by atoms with E-state index in [-0.39, 0.29) is 36.7 Å². The summed E-state index contributed by atoms with van der Waals surface area (Å²) in [4.78, 5) is 39.2. The Morgan fingerprint density at radius 1 is 1.20 bits per heavy atom. The van der Waals surface area contributed by atoms with Gasteiger partial charge in [-0.15, -0.1) is 6.42 Å². The van der Waals surface area contributed by atoms with Gasteiger partial charge in [0.1, 0.15) is 12.1 Å². The van der Waals surface area contributed by atoms with Crippen molar-refractivity contribution in [1.29, 1.82) is 0 Å². The minimum Gasteiger partial charge on any atom is -0.391 e. The number of carbonyl (C=O) groups excluding carboxylic acids is 3. The van der Waals surface area contributed by atoms with Crippen LogP contribution in [0.4, 0.5) is 0 Å². The smallest absolute Gasteiger partial charge is 0.246 e. The lowest BCUT2D eigenvalue weighted by atomic mass is 9.85. The number of amides is 3. The Morgan fingerprint density at radius 3 is 2.30 bits per heavy atom. The summed E-state index contributed by atoms with van der Waals surface area (Å²) in [5.74, 6) is 1.50. The summed E-state index contributed by atoms with van der Waals surface area (Å²) in [7, 11) is 0. The lowest BCUT2D eigenvalue weighted by molar-refractivity contribution is -0.144. The van der Waals surface area contributed by atoms with E-state index in [1.54, 1.807) is 12.1 Å². The van der Waals surface area contributed by atoms with Crippen molar-refractivity contribution >= 4 is 17.7 Å². The molecule has 1 aliphatic rings. The van der Waals surface area contributed by atoms with Crippen LogP contribution >= 0.6 is 0 Å². The molecule has 0 bridgehead atoms. The van der Waals surface area contributed by atoms with Crippen molar-refractivity contribution in [2.45, 2.75) is 65.3 Å².